The molecule has 1 amide bonds. The predicted octanol–water partition coefficient (Wildman–Crippen LogP) is 0.102. The van der Waals surface area contributed by atoms with Crippen molar-refractivity contribution in [2.45, 2.75) is 43.7 Å². The summed E-state index contributed by atoms with van der Waals surface area (Å²) in [5.74, 6) is -0.647. The Labute approximate surface area is 112 Å². The highest BCUT2D eigenvalue weighted by atomic mass is 32.2. The summed E-state index contributed by atoms with van der Waals surface area (Å²) in [6.07, 6.45) is 4.33. The van der Waals surface area contributed by atoms with Crippen LogP contribution in [0.25, 0.3) is 0 Å². The maximum Gasteiger partial charge on any atom is 0.246 e. The van der Waals surface area contributed by atoms with Crippen molar-refractivity contribution in [2.24, 2.45) is 5.73 Å². The highest BCUT2D eigenvalue weighted by Gasteiger charge is 2.39. The van der Waals surface area contributed by atoms with E-state index in [0.717, 1.165) is 12.8 Å². The first-order chi connectivity index (χ1) is 8.82. The number of hydrogen-bond donors (Lipinski definition) is 1. The smallest absolute Gasteiger partial charge is 0.246 e. The van der Waals surface area contributed by atoms with E-state index in [4.69, 9.17) is 5.73 Å². The highest BCUT2D eigenvalue weighted by molar-refractivity contribution is 7.89. The second-order valence-electron chi connectivity index (χ2n) is 5.00. The fraction of sp³-hybridized carbons (Fsp3) is 0.636. The summed E-state index contributed by atoms with van der Waals surface area (Å²) in [7, 11) is -3.70. The molecule has 0 spiro atoms. The molecule has 0 radical (unpaired) electrons. The maximum absolute atomic E-state index is 12.5. The molecule has 1 heterocycles. The quantitative estimate of drug-likeness (QED) is 0.802. The summed E-state index contributed by atoms with van der Waals surface area (Å²) >= 11 is 0. The first-order valence-corrected chi connectivity index (χ1v) is 7.60. The number of nitrogens with zero attached hydrogens (tertiary/aromatic N) is 3. The van der Waals surface area contributed by atoms with Crippen molar-refractivity contribution in [3.05, 3.63) is 12.4 Å². The summed E-state index contributed by atoms with van der Waals surface area (Å²) in [5.41, 5.74) is 5.12. The summed E-state index contributed by atoms with van der Waals surface area (Å²) < 4.78 is 27.6. The number of primary amides is 1. The van der Waals surface area contributed by atoms with Gasteiger partial charge in [-0.15, -0.1) is 0 Å². The van der Waals surface area contributed by atoms with Crippen molar-refractivity contribution in [2.75, 3.05) is 6.54 Å². The molecule has 1 fully saturated rings. The van der Waals surface area contributed by atoms with Crippen LogP contribution in [0.3, 0.4) is 0 Å². The summed E-state index contributed by atoms with van der Waals surface area (Å²) in [6.45, 7) is 3.54. The normalized spacial score (nSPS) is 16.2. The van der Waals surface area contributed by atoms with Gasteiger partial charge in [0.25, 0.3) is 0 Å². The first kappa shape index (κ1) is 14.0. The molecule has 0 saturated heterocycles. The third-order valence-corrected chi connectivity index (χ3v) is 4.83. The Morgan fingerprint density at radius 3 is 2.63 bits per heavy atom. The average Bonchev–Trinajstić information content (AvgIpc) is 2.99. The number of sulfonamides is 1. The molecule has 1 saturated carbocycles. The van der Waals surface area contributed by atoms with Crippen LogP contribution in [0.1, 0.15) is 32.7 Å². The van der Waals surface area contributed by atoms with Gasteiger partial charge in [0.1, 0.15) is 4.90 Å². The van der Waals surface area contributed by atoms with Crippen LogP contribution in [0.2, 0.25) is 0 Å². The van der Waals surface area contributed by atoms with Gasteiger partial charge in [0.15, 0.2) is 0 Å². The van der Waals surface area contributed by atoms with Gasteiger partial charge in [-0.3, -0.25) is 9.48 Å². The topological polar surface area (TPSA) is 98.3 Å². The molecule has 1 aliphatic carbocycles. The van der Waals surface area contributed by atoms with E-state index in [9.17, 15) is 13.2 Å². The zero-order valence-electron chi connectivity index (χ0n) is 11.0. The van der Waals surface area contributed by atoms with Crippen molar-refractivity contribution < 1.29 is 13.2 Å². The molecule has 0 aromatic carbocycles. The van der Waals surface area contributed by atoms with Gasteiger partial charge in [-0.05, 0) is 26.7 Å². The number of rotatable bonds is 6. The van der Waals surface area contributed by atoms with Crippen LogP contribution in [-0.4, -0.2) is 41.0 Å². The van der Waals surface area contributed by atoms with E-state index in [1.165, 1.54) is 16.7 Å². The number of carbonyl (C=O) groups is 1. The maximum atomic E-state index is 12.5. The largest absolute Gasteiger partial charge is 0.369 e. The molecule has 106 valence electrons. The fourth-order valence-electron chi connectivity index (χ4n) is 1.80. The number of carbonyl (C=O) groups excluding carboxylic acids is 1. The number of aromatic nitrogens is 2. The van der Waals surface area contributed by atoms with E-state index in [2.05, 4.69) is 5.10 Å². The molecule has 8 heteroatoms. The van der Waals surface area contributed by atoms with Crippen LogP contribution in [0, 0.1) is 0 Å². The number of amides is 1. The van der Waals surface area contributed by atoms with Crippen LogP contribution in [0.4, 0.5) is 0 Å². The van der Waals surface area contributed by atoms with Crippen molar-refractivity contribution in [1.29, 1.82) is 0 Å². The molecular weight excluding hydrogens is 268 g/mol. The number of nitrogens with two attached hydrogens (primary N) is 1. The number of hydrogen-bond acceptors (Lipinski definition) is 4. The molecule has 1 aromatic heterocycles. The minimum absolute atomic E-state index is 0.0782. The Bertz CT molecular complexity index is 575. The molecule has 2 rings (SSSR count). The van der Waals surface area contributed by atoms with Crippen molar-refractivity contribution >= 4 is 15.9 Å². The Morgan fingerprint density at radius 2 is 2.21 bits per heavy atom. The van der Waals surface area contributed by atoms with Gasteiger partial charge in [0, 0.05) is 18.3 Å². The van der Waals surface area contributed by atoms with Crippen molar-refractivity contribution in [3.8, 4) is 0 Å². The van der Waals surface area contributed by atoms with Gasteiger partial charge in [-0.25, -0.2) is 8.42 Å². The molecule has 1 aliphatic rings. The molecule has 0 bridgehead atoms. The van der Waals surface area contributed by atoms with E-state index in [1.807, 2.05) is 13.8 Å². The lowest BCUT2D eigenvalue weighted by atomic mass is 10.4. The molecule has 19 heavy (non-hydrogen) atoms. The fourth-order valence-corrected chi connectivity index (χ4v) is 3.39. The minimum atomic E-state index is -3.70. The van der Waals surface area contributed by atoms with E-state index < -0.39 is 15.9 Å². The zero-order valence-corrected chi connectivity index (χ0v) is 11.8. The second kappa shape index (κ2) is 4.93. The second-order valence-corrected chi connectivity index (χ2v) is 6.89. The lowest BCUT2D eigenvalue weighted by Gasteiger charge is -2.19. The lowest BCUT2D eigenvalue weighted by Crippen LogP contribution is -2.39. The van der Waals surface area contributed by atoms with Gasteiger partial charge < -0.3 is 5.73 Å². The molecular formula is C11H18N4O3S. The van der Waals surface area contributed by atoms with E-state index in [0.29, 0.717) is 0 Å². The van der Waals surface area contributed by atoms with Crippen LogP contribution in [-0.2, 0) is 14.8 Å². The standard InChI is InChI=1S/C11H18N4O3S/c1-8(2)14-6-10(5-13-14)19(17,18)15(7-11(12)16)9-3-4-9/h5-6,8-9H,3-4,7H2,1-2H3,(H2,12,16). The summed E-state index contributed by atoms with van der Waals surface area (Å²) in [4.78, 5) is 11.1. The van der Waals surface area contributed by atoms with E-state index in [-0.39, 0.29) is 23.5 Å². The zero-order chi connectivity index (χ0) is 14.2. The van der Waals surface area contributed by atoms with Gasteiger partial charge in [-0.1, -0.05) is 0 Å². The monoisotopic (exact) mass is 286 g/mol. The Morgan fingerprint density at radius 1 is 1.58 bits per heavy atom. The van der Waals surface area contributed by atoms with Crippen LogP contribution in [0.15, 0.2) is 17.3 Å². The minimum Gasteiger partial charge on any atom is -0.369 e. The SMILES string of the molecule is CC(C)n1cc(S(=O)(=O)N(CC(N)=O)C2CC2)cn1. The van der Waals surface area contributed by atoms with Crippen LogP contribution in [0.5, 0.6) is 0 Å². The van der Waals surface area contributed by atoms with Crippen LogP contribution < -0.4 is 5.73 Å². The van der Waals surface area contributed by atoms with Crippen molar-refractivity contribution in [1.82, 2.24) is 14.1 Å². The molecule has 7 nitrogen and oxygen atoms in total. The lowest BCUT2D eigenvalue weighted by molar-refractivity contribution is -0.118. The van der Waals surface area contributed by atoms with Gasteiger partial charge in [0.05, 0.1) is 12.7 Å². The first-order valence-electron chi connectivity index (χ1n) is 6.16. The molecule has 0 atom stereocenters. The van der Waals surface area contributed by atoms with Crippen molar-refractivity contribution in [3.63, 3.8) is 0 Å². The summed E-state index contributed by atoms with van der Waals surface area (Å²) in [5, 5.41) is 4.02. The third kappa shape index (κ3) is 2.95. The van der Waals surface area contributed by atoms with E-state index in [1.54, 1.807) is 4.68 Å². The van der Waals surface area contributed by atoms with Gasteiger partial charge in [0.2, 0.25) is 15.9 Å². The van der Waals surface area contributed by atoms with E-state index >= 15 is 0 Å². The Balaban J connectivity index is 2.30. The van der Waals surface area contributed by atoms with Gasteiger partial charge in [-0.2, -0.15) is 9.40 Å². The predicted molar refractivity (Wildman–Crippen MR) is 68.7 cm³/mol. The van der Waals surface area contributed by atoms with Crippen LogP contribution >= 0.6 is 0 Å². The summed E-state index contributed by atoms with van der Waals surface area (Å²) in [6, 6.07) is -0.0330. The molecule has 2 N–H and O–H groups in total. The van der Waals surface area contributed by atoms with Gasteiger partial charge >= 0.3 is 0 Å². The molecule has 0 aliphatic heterocycles. The molecule has 1 aromatic rings. The average molecular weight is 286 g/mol. The highest BCUT2D eigenvalue weighted by Crippen LogP contribution is 2.31. The Hall–Kier alpha value is -1.41. The molecule has 0 unspecified atom stereocenters. The third-order valence-electron chi connectivity index (χ3n) is 2.98. The Kier molecular flexibility index (Phi) is 3.64.